The molecule has 0 saturated carbocycles. The molecule has 116 valence electrons. The molecule has 0 unspecified atom stereocenters. The lowest BCUT2D eigenvalue weighted by Crippen LogP contribution is -2.37. The SMILES string of the molecule is Cc1cc(N2CCOCC2)ncc1[C@H]1CCCN1C(C)C. The van der Waals surface area contributed by atoms with E-state index in [1.54, 1.807) is 0 Å². The van der Waals surface area contributed by atoms with Crippen LogP contribution < -0.4 is 4.90 Å². The van der Waals surface area contributed by atoms with Gasteiger partial charge in [0.2, 0.25) is 0 Å². The van der Waals surface area contributed by atoms with Crippen LogP contribution in [-0.2, 0) is 4.74 Å². The number of likely N-dealkylation sites (tertiary alicyclic amines) is 1. The molecule has 0 spiro atoms. The Balaban J connectivity index is 1.80. The first-order valence-corrected chi connectivity index (χ1v) is 8.22. The molecule has 4 heteroatoms. The number of aryl methyl sites for hydroxylation is 1. The first kappa shape index (κ1) is 14.8. The van der Waals surface area contributed by atoms with Gasteiger partial charge in [0.1, 0.15) is 5.82 Å². The fourth-order valence-corrected chi connectivity index (χ4v) is 3.61. The molecule has 21 heavy (non-hydrogen) atoms. The van der Waals surface area contributed by atoms with E-state index in [4.69, 9.17) is 9.72 Å². The maximum Gasteiger partial charge on any atom is 0.128 e. The van der Waals surface area contributed by atoms with E-state index in [1.807, 2.05) is 0 Å². The van der Waals surface area contributed by atoms with E-state index < -0.39 is 0 Å². The van der Waals surface area contributed by atoms with E-state index in [0.29, 0.717) is 12.1 Å². The van der Waals surface area contributed by atoms with Gasteiger partial charge in [-0.15, -0.1) is 0 Å². The average Bonchev–Trinajstić information content (AvgIpc) is 2.97. The van der Waals surface area contributed by atoms with E-state index in [-0.39, 0.29) is 0 Å². The van der Waals surface area contributed by atoms with Gasteiger partial charge in [-0.25, -0.2) is 4.98 Å². The van der Waals surface area contributed by atoms with Gasteiger partial charge in [0.25, 0.3) is 0 Å². The first-order valence-electron chi connectivity index (χ1n) is 8.22. The molecule has 0 radical (unpaired) electrons. The first-order chi connectivity index (χ1) is 10.2. The molecule has 0 aliphatic carbocycles. The monoisotopic (exact) mass is 289 g/mol. The van der Waals surface area contributed by atoms with Gasteiger partial charge >= 0.3 is 0 Å². The number of hydrogen-bond acceptors (Lipinski definition) is 4. The minimum Gasteiger partial charge on any atom is -0.378 e. The third-order valence-electron chi connectivity index (χ3n) is 4.79. The number of rotatable bonds is 3. The summed E-state index contributed by atoms with van der Waals surface area (Å²) in [6.07, 6.45) is 4.68. The Morgan fingerprint density at radius 1 is 1.24 bits per heavy atom. The molecular weight excluding hydrogens is 262 g/mol. The zero-order valence-corrected chi connectivity index (χ0v) is 13.5. The smallest absolute Gasteiger partial charge is 0.128 e. The van der Waals surface area contributed by atoms with Crippen molar-refractivity contribution >= 4 is 5.82 Å². The van der Waals surface area contributed by atoms with Crippen LogP contribution in [-0.4, -0.2) is 48.8 Å². The minimum absolute atomic E-state index is 0.552. The van der Waals surface area contributed by atoms with Crippen molar-refractivity contribution in [3.8, 4) is 0 Å². The fourth-order valence-electron chi connectivity index (χ4n) is 3.61. The van der Waals surface area contributed by atoms with Gasteiger partial charge in [-0.2, -0.15) is 0 Å². The number of morpholine rings is 1. The fraction of sp³-hybridized carbons (Fsp3) is 0.706. The molecule has 2 fully saturated rings. The maximum absolute atomic E-state index is 5.42. The van der Waals surface area contributed by atoms with Crippen LogP contribution >= 0.6 is 0 Å². The lowest BCUT2D eigenvalue weighted by molar-refractivity contribution is 0.122. The quantitative estimate of drug-likeness (QED) is 0.855. The van der Waals surface area contributed by atoms with E-state index >= 15 is 0 Å². The second-order valence-electron chi connectivity index (χ2n) is 6.49. The second kappa shape index (κ2) is 6.32. The van der Waals surface area contributed by atoms with Gasteiger partial charge in [-0.05, 0) is 57.4 Å². The number of anilines is 1. The van der Waals surface area contributed by atoms with Gasteiger partial charge in [-0.3, -0.25) is 4.90 Å². The van der Waals surface area contributed by atoms with Crippen LogP contribution in [0.3, 0.4) is 0 Å². The topological polar surface area (TPSA) is 28.6 Å². The van der Waals surface area contributed by atoms with Crippen LogP contribution in [0.15, 0.2) is 12.3 Å². The lowest BCUT2D eigenvalue weighted by atomic mass is 10.0. The third-order valence-corrected chi connectivity index (χ3v) is 4.79. The van der Waals surface area contributed by atoms with Gasteiger partial charge < -0.3 is 9.64 Å². The van der Waals surface area contributed by atoms with Crippen LogP contribution in [0.25, 0.3) is 0 Å². The van der Waals surface area contributed by atoms with Gasteiger partial charge in [-0.1, -0.05) is 0 Å². The van der Waals surface area contributed by atoms with Crippen molar-refractivity contribution in [2.45, 2.75) is 45.7 Å². The molecule has 1 aromatic rings. The number of pyridine rings is 1. The van der Waals surface area contributed by atoms with Crippen LogP contribution in [0, 0.1) is 6.92 Å². The lowest BCUT2D eigenvalue weighted by Gasteiger charge is -2.31. The number of nitrogens with zero attached hydrogens (tertiary/aromatic N) is 3. The Labute approximate surface area is 128 Å². The Morgan fingerprint density at radius 2 is 2.00 bits per heavy atom. The zero-order valence-electron chi connectivity index (χ0n) is 13.5. The Kier molecular flexibility index (Phi) is 4.45. The minimum atomic E-state index is 0.552. The highest BCUT2D eigenvalue weighted by molar-refractivity contribution is 5.44. The van der Waals surface area contributed by atoms with Crippen molar-refractivity contribution in [2.75, 3.05) is 37.7 Å². The van der Waals surface area contributed by atoms with Gasteiger partial charge in [0.05, 0.1) is 13.2 Å². The molecule has 2 aliphatic heterocycles. The van der Waals surface area contributed by atoms with E-state index in [0.717, 1.165) is 32.1 Å². The standard InChI is InChI=1S/C17H27N3O/c1-13(2)20-6-4-5-16(20)15-12-18-17(11-14(15)3)19-7-9-21-10-8-19/h11-13,16H,4-10H2,1-3H3/t16-/m1/s1. The molecule has 3 heterocycles. The number of aromatic nitrogens is 1. The van der Waals surface area contributed by atoms with Gasteiger partial charge in [0, 0.05) is 31.4 Å². The van der Waals surface area contributed by atoms with E-state index in [1.165, 1.54) is 30.5 Å². The summed E-state index contributed by atoms with van der Waals surface area (Å²) in [5, 5.41) is 0. The molecule has 1 atom stereocenters. The normalized spacial score (nSPS) is 24.0. The second-order valence-corrected chi connectivity index (χ2v) is 6.49. The van der Waals surface area contributed by atoms with Crippen LogP contribution in [0.1, 0.15) is 43.9 Å². The maximum atomic E-state index is 5.42. The zero-order chi connectivity index (χ0) is 14.8. The summed E-state index contributed by atoms with van der Waals surface area (Å²) < 4.78 is 5.42. The predicted molar refractivity (Wildman–Crippen MR) is 85.8 cm³/mol. The number of ether oxygens (including phenoxy) is 1. The highest BCUT2D eigenvalue weighted by atomic mass is 16.5. The van der Waals surface area contributed by atoms with Crippen LogP contribution in [0.4, 0.5) is 5.82 Å². The van der Waals surface area contributed by atoms with E-state index in [9.17, 15) is 0 Å². The summed E-state index contributed by atoms with van der Waals surface area (Å²) >= 11 is 0. The summed E-state index contributed by atoms with van der Waals surface area (Å²) in [5.41, 5.74) is 2.79. The Bertz CT molecular complexity index is 483. The third kappa shape index (κ3) is 3.06. The van der Waals surface area contributed by atoms with E-state index in [2.05, 4.69) is 42.8 Å². The van der Waals surface area contributed by atoms with Crippen molar-refractivity contribution in [1.82, 2.24) is 9.88 Å². The number of hydrogen-bond donors (Lipinski definition) is 0. The summed E-state index contributed by atoms with van der Waals surface area (Å²) in [7, 11) is 0. The van der Waals surface area contributed by atoms with Crippen molar-refractivity contribution < 1.29 is 4.74 Å². The van der Waals surface area contributed by atoms with Crippen molar-refractivity contribution in [3.05, 3.63) is 23.4 Å². The molecular formula is C17H27N3O. The summed E-state index contributed by atoms with van der Waals surface area (Å²) in [5.74, 6) is 1.11. The van der Waals surface area contributed by atoms with Crippen LogP contribution in [0.2, 0.25) is 0 Å². The highest BCUT2D eigenvalue weighted by Gasteiger charge is 2.29. The largest absolute Gasteiger partial charge is 0.378 e. The molecule has 0 N–H and O–H groups in total. The Hall–Kier alpha value is -1.13. The molecule has 0 amide bonds. The highest BCUT2D eigenvalue weighted by Crippen LogP contribution is 2.35. The molecule has 2 saturated heterocycles. The van der Waals surface area contributed by atoms with Crippen LogP contribution in [0.5, 0.6) is 0 Å². The molecule has 2 aliphatic rings. The summed E-state index contributed by atoms with van der Waals surface area (Å²) in [6, 6.07) is 3.42. The molecule has 3 rings (SSSR count). The average molecular weight is 289 g/mol. The summed E-state index contributed by atoms with van der Waals surface area (Å²) in [6.45, 7) is 11.6. The molecule has 0 aromatic carbocycles. The molecule has 0 bridgehead atoms. The summed E-state index contributed by atoms with van der Waals surface area (Å²) in [4.78, 5) is 9.68. The predicted octanol–water partition coefficient (Wildman–Crippen LogP) is 2.77. The van der Waals surface area contributed by atoms with Crippen molar-refractivity contribution in [2.24, 2.45) is 0 Å². The Morgan fingerprint density at radius 3 is 2.67 bits per heavy atom. The molecule has 4 nitrogen and oxygen atoms in total. The van der Waals surface area contributed by atoms with Crippen molar-refractivity contribution in [1.29, 1.82) is 0 Å². The van der Waals surface area contributed by atoms with Crippen molar-refractivity contribution in [3.63, 3.8) is 0 Å². The van der Waals surface area contributed by atoms with Gasteiger partial charge in [0.15, 0.2) is 0 Å². The molecule has 1 aromatic heterocycles.